The number of aromatic nitrogens is 3. The first-order valence-electron chi connectivity index (χ1n) is 14.1. The molecule has 2 aliphatic rings. The van der Waals surface area contributed by atoms with E-state index in [1.807, 2.05) is 0 Å². The number of benzene rings is 2. The summed E-state index contributed by atoms with van der Waals surface area (Å²) in [4.78, 5) is 48.8. The summed E-state index contributed by atoms with van der Waals surface area (Å²) in [5.41, 5.74) is -0.735. The number of aliphatic carboxylic acids is 1. The summed E-state index contributed by atoms with van der Waals surface area (Å²) in [6.45, 7) is -0.343. The van der Waals surface area contributed by atoms with Crippen LogP contribution in [0.5, 0.6) is 5.75 Å². The normalized spacial score (nSPS) is 15.6. The second kappa shape index (κ2) is 14.8. The Labute approximate surface area is 285 Å². The van der Waals surface area contributed by atoms with E-state index in [0.717, 1.165) is 42.9 Å². The summed E-state index contributed by atoms with van der Waals surface area (Å²) in [5.74, 6) is -1.80. The number of carboxylic acids is 1. The van der Waals surface area contributed by atoms with Gasteiger partial charge in [-0.3, -0.25) is 14.4 Å². The van der Waals surface area contributed by atoms with Crippen LogP contribution in [0.4, 0.5) is 23.2 Å². The van der Waals surface area contributed by atoms with Crippen molar-refractivity contribution >= 4 is 58.3 Å². The molecule has 48 heavy (non-hydrogen) atoms. The zero-order valence-corrected chi connectivity index (χ0v) is 27.3. The zero-order valence-electron chi connectivity index (χ0n) is 25.1. The third-order valence-corrected chi connectivity index (χ3v) is 8.35. The molecule has 0 fully saturated rings. The molecule has 2 aromatic carbocycles. The molecule has 3 aromatic rings. The zero-order chi connectivity index (χ0) is 35.6. The molecule has 0 spiro atoms. The van der Waals surface area contributed by atoms with E-state index in [2.05, 4.69) is 11.0 Å². The molecule has 0 saturated heterocycles. The quantitative estimate of drug-likeness (QED) is 0.123. The highest BCUT2D eigenvalue weighted by Gasteiger charge is 2.41. The Morgan fingerprint density at radius 3 is 2.10 bits per heavy atom. The minimum absolute atomic E-state index is 0.0233. The number of rotatable bonds is 8. The fourth-order valence-electron chi connectivity index (χ4n) is 5.00. The Balaban J connectivity index is 0.000000217. The first kappa shape index (κ1) is 36.5. The van der Waals surface area contributed by atoms with Crippen LogP contribution in [0, 0.1) is 30.9 Å². The Morgan fingerprint density at radius 1 is 1.02 bits per heavy atom. The number of halogens is 7. The molecule has 0 bridgehead atoms. The monoisotopic (exact) mass is 730 g/mol. The van der Waals surface area contributed by atoms with Crippen LogP contribution in [0.2, 0.25) is 10.0 Å². The second-order valence-electron chi connectivity index (χ2n) is 10.6. The van der Waals surface area contributed by atoms with Crippen LogP contribution in [-0.4, -0.2) is 48.7 Å². The van der Waals surface area contributed by atoms with E-state index in [0.29, 0.717) is 28.7 Å². The van der Waals surface area contributed by atoms with Crippen LogP contribution in [0.15, 0.2) is 40.2 Å². The first-order valence-corrected chi connectivity index (χ1v) is 15.3. The van der Waals surface area contributed by atoms with Crippen molar-refractivity contribution in [2.24, 2.45) is 0 Å². The third-order valence-electron chi connectivity index (χ3n) is 7.36. The molecule has 2 atom stereocenters. The lowest BCUT2D eigenvalue weighted by Gasteiger charge is -2.19. The van der Waals surface area contributed by atoms with Gasteiger partial charge in [0.2, 0.25) is 0 Å². The van der Waals surface area contributed by atoms with E-state index in [4.69, 9.17) is 51.1 Å². The van der Waals surface area contributed by atoms with Crippen LogP contribution in [0.3, 0.4) is 0 Å². The summed E-state index contributed by atoms with van der Waals surface area (Å²) < 4.78 is 60.1. The molecule has 2 heterocycles. The van der Waals surface area contributed by atoms with Gasteiger partial charge in [-0.15, -0.1) is 23.1 Å². The van der Waals surface area contributed by atoms with Crippen molar-refractivity contribution in [1.29, 1.82) is 0 Å². The average Bonchev–Trinajstić information content (AvgIpc) is 3.46. The number of aryl methyl sites for hydroxylation is 1. The molecule has 1 N–H and O–H groups in total. The molecule has 17 heteroatoms. The van der Waals surface area contributed by atoms with E-state index < -0.39 is 58.8 Å². The molecule has 0 saturated carbocycles. The number of carbonyl (C=O) groups is 3. The number of carboxylic acid groups (broad SMARTS) is 1. The van der Waals surface area contributed by atoms with Gasteiger partial charge in [0.15, 0.2) is 11.9 Å². The van der Waals surface area contributed by atoms with Crippen molar-refractivity contribution in [2.45, 2.75) is 64.0 Å². The molecule has 0 radical (unpaired) electrons. The van der Waals surface area contributed by atoms with Gasteiger partial charge in [0.25, 0.3) is 11.8 Å². The van der Waals surface area contributed by atoms with E-state index in [1.54, 1.807) is 6.92 Å². The molecular formula is C31H25Cl3F4N4O6. The average molecular weight is 732 g/mol. The Hall–Kier alpha value is -4.32. The largest absolute Gasteiger partial charge is 0.480 e. The highest BCUT2D eigenvalue weighted by atomic mass is 35.5. The molecule has 2 amide bonds. The molecule has 5 rings (SSSR count). The number of amides is 2. The van der Waals surface area contributed by atoms with Crippen molar-refractivity contribution in [3.8, 4) is 23.8 Å². The Morgan fingerprint density at radius 2 is 1.58 bits per heavy atom. The Bertz CT molecular complexity index is 1910. The van der Waals surface area contributed by atoms with Crippen LogP contribution >= 0.6 is 34.8 Å². The lowest BCUT2D eigenvalue weighted by Crippen LogP contribution is -2.32. The molecule has 2 unspecified atom stereocenters. The van der Waals surface area contributed by atoms with Crippen molar-refractivity contribution < 1.29 is 41.8 Å². The number of alkyl halides is 3. The second-order valence-corrected chi connectivity index (χ2v) is 11.9. The lowest BCUT2D eigenvalue weighted by molar-refractivity contribution is -0.136. The number of imide groups is 1. The molecule has 1 aliphatic carbocycles. The highest BCUT2D eigenvalue weighted by Crippen LogP contribution is 2.39. The number of hydrogen-bond acceptors (Lipinski definition) is 6. The summed E-state index contributed by atoms with van der Waals surface area (Å²) >= 11 is 17.4. The van der Waals surface area contributed by atoms with Gasteiger partial charge in [-0.05, 0) is 63.3 Å². The van der Waals surface area contributed by atoms with Gasteiger partial charge in [-0.1, -0.05) is 29.1 Å². The van der Waals surface area contributed by atoms with Gasteiger partial charge in [0.1, 0.15) is 28.5 Å². The number of anilines is 1. The van der Waals surface area contributed by atoms with Crippen LogP contribution < -0.4 is 15.3 Å². The van der Waals surface area contributed by atoms with Crippen LogP contribution in [0.25, 0.3) is 5.69 Å². The summed E-state index contributed by atoms with van der Waals surface area (Å²) in [5, 5.41) is 11.0. The number of ether oxygens (including phenoxy) is 1. The highest BCUT2D eigenvalue weighted by molar-refractivity contribution is 6.34. The summed E-state index contributed by atoms with van der Waals surface area (Å²) in [6.07, 6.45) is 7.21. The van der Waals surface area contributed by atoms with E-state index in [-0.39, 0.29) is 43.9 Å². The topological polar surface area (TPSA) is 124 Å². The van der Waals surface area contributed by atoms with Gasteiger partial charge in [-0.25, -0.2) is 23.0 Å². The van der Waals surface area contributed by atoms with Gasteiger partial charge in [-0.2, -0.15) is 13.5 Å². The predicted molar refractivity (Wildman–Crippen MR) is 168 cm³/mol. The first-order chi connectivity index (χ1) is 22.6. The fraction of sp³-hybridized carbons (Fsp3) is 0.323. The summed E-state index contributed by atoms with van der Waals surface area (Å²) in [6, 6.07) is 4.16. The fourth-order valence-corrected chi connectivity index (χ4v) is 5.59. The van der Waals surface area contributed by atoms with Gasteiger partial charge in [0, 0.05) is 28.7 Å². The Kier molecular flexibility index (Phi) is 11.3. The molecule has 1 aliphatic heterocycles. The maximum absolute atomic E-state index is 14.4. The van der Waals surface area contributed by atoms with E-state index in [9.17, 15) is 36.7 Å². The van der Waals surface area contributed by atoms with Crippen molar-refractivity contribution in [1.82, 2.24) is 14.3 Å². The molecular weight excluding hydrogens is 707 g/mol. The number of nitrogens with zero attached hydrogens (tertiary/aromatic N) is 4. The molecule has 254 valence electrons. The third kappa shape index (κ3) is 7.38. The van der Waals surface area contributed by atoms with Crippen molar-refractivity contribution in [2.75, 3.05) is 4.90 Å². The number of carbonyl (C=O) groups excluding carboxylic acids is 2. The predicted octanol–water partition coefficient (Wildman–Crippen LogP) is 6.39. The van der Waals surface area contributed by atoms with E-state index >= 15 is 0 Å². The number of terminal acetylenes is 1. The molecule has 1 aromatic heterocycles. The van der Waals surface area contributed by atoms with Gasteiger partial charge in [0.05, 0.1) is 10.7 Å². The van der Waals surface area contributed by atoms with Crippen molar-refractivity contribution in [3.63, 3.8) is 0 Å². The standard InChI is InChI=1S/C18H15ClFNO3.C13H10Cl2F3N3O3/c1-3-10(2)24-16-9-15(14(20)8-13(16)19)21-17(22)11-6-4-5-7-12(11)18(21)23;1-5-19-21(13(24)20(5)12(17)18)10-3-6(2-8(15)11(22)23)7(14)4-9(10)16/h1,8-10H,4-7H2,2H3;3-4,8,12H,2H2,1H3,(H,22,23). The molecule has 10 nitrogen and oxygen atoms in total. The maximum atomic E-state index is 14.4. The van der Waals surface area contributed by atoms with Crippen LogP contribution in [0.1, 0.15) is 50.5 Å². The van der Waals surface area contributed by atoms with Gasteiger partial charge < -0.3 is 9.84 Å². The summed E-state index contributed by atoms with van der Waals surface area (Å²) in [7, 11) is 0. The van der Waals surface area contributed by atoms with Crippen molar-refractivity contribution in [3.05, 3.63) is 79.0 Å². The smallest absolute Gasteiger partial charge is 0.355 e. The SMILES string of the molecule is C#CC(C)Oc1cc(N2C(=O)C3=C(CCCC3)C2=O)c(F)cc1Cl.Cc1nn(-c2cc(CC(Cl)C(=O)O)c(Cl)cc2F)c(=O)n1C(F)F. The lowest BCUT2D eigenvalue weighted by atomic mass is 9.93. The number of hydrogen-bond donors (Lipinski definition) is 1. The van der Waals surface area contributed by atoms with Gasteiger partial charge >= 0.3 is 18.2 Å². The minimum atomic E-state index is -3.14. The maximum Gasteiger partial charge on any atom is 0.355 e. The minimum Gasteiger partial charge on any atom is -0.480 e. The van der Waals surface area contributed by atoms with E-state index in [1.165, 1.54) is 6.07 Å². The van der Waals surface area contributed by atoms with Crippen LogP contribution in [-0.2, 0) is 20.8 Å².